The zero-order valence-electron chi connectivity index (χ0n) is 10.9. The fourth-order valence-corrected chi connectivity index (χ4v) is 1.80. The zero-order valence-corrected chi connectivity index (χ0v) is 10.9. The van der Waals surface area contributed by atoms with Gasteiger partial charge in [0.2, 0.25) is 0 Å². The van der Waals surface area contributed by atoms with Gasteiger partial charge >= 0.3 is 0 Å². The van der Waals surface area contributed by atoms with Crippen molar-refractivity contribution in [3.8, 4) is 5.75 Å². The van der Waals surface area contributed by atoms with Gasteiger partial charge in [-0.15, -0.1) is 0 Å². The molecular weight excluding hydrogens is 212 g/mol. The number of nitrogens with one attached hydrogen (secondary N) is 1. The molecule has 1 aromatic rings. The van der Waals surface area contributed by atoms with E-state index in [0.717, 1.165) is 24.2 Å². The van der Waals surface area contributed by atoms with Crippen LogP contribution < -0.4 is 16.0 Å². The smallest absolute Gasteiger partial charge is 0.123 e. The van der Waals surface area contributed by atoms with E-state index in [4.69, 9.17) is 10.6 Å². The summed E-state index contributed by atoms with van der Waals surface area (Å²) in [5, 5.41) is 0. The molecule has 94 valence electrons. The standard InChI is InChI=1S/C14H22N2O/c1-5-10(2)8-13(16-15)12-7-6-11(3)9-14(12)17-4/h6-7,9,13,16H,2,5,8,15H2,1,3-4H3. The largest absolute Gasteiger partial charge is 0.496 e. The van der Waals surface area contributed by atoms with E-state index in [1.807, 2.05) is 13.0 Å². The summed E-state index contributed by atoms with van der Waals surface area (Å²) in [5.74, 6) is 6.49. The van der Waals surface area contributed by atoms with E-state index in [0.29, 0.717) is 0 Å². The van der Waals surface area contributed by atoms with Crippen molar-refractivity contribution in [1.29, 1.82) is 0 Å². The summed E-state index contributed by atoms with van der Waals surface area (Å²) in [6.07, 6.45) is 1.79. The number of hydrazine groups is 1. The van der Waals surface area contributed by atoms with Crippen molar-refractivity contribution in [2.75, 3.05) is 7.11 Å². The Balaban J connectivity index is 2.98. The summed E-state index contributed by atoms with van der Waals surface area (Å²) in [6.45, 7) is 8.17. The molecule has 1 aromatic carbocycles. The Bertz CT molecular complexity index is 388. The minimum Gasteiger partial charge on any atom is -0.496 e. The lowest BCUT2D eigenvalue weighted by atomic mass is 9.97. The van der Waals surface area contributed by atoms with E-state index in [1.54, 1.807) is 7.11 Å². The molecule has 3 nitrogen and oxygen atoms in total. The highest BCUT2D eigenvalue weighted by atomic mass is 16.5. The fourth-order valence-electron chi connectivity index (χ4n) is 1.80. The van der Waals surface area contributed by atoms with Crippen LogP contribution in [0.2, 0.25) is 0 Å². The molecule has 0 fully saturated rings. The van der Waals surface area contributed by atoms with E-state index in [-0.39, 0.29) is 6.04 Å². The van der Waals surface area contributed by atoms with Gasteiger partial charge in [-0.3, -0.25) is 11.3 Å². The number of nitrogens with two attached hydrogens (primary N) is 1. The van der Waals surface area contributed by atoms with Crippen molar-refractivity contribution in [3.63, 3.8) is 0 Å². The molecule has 0 aromatic heterocycles. The summed E-state index contributed by atoms with van der Waals surface area (Å²) in [6, 6.07) is 6.20. The van der Waals surface area contributed by atoms with Crippen molar-refractivity contribution in [2.45, 2.75) is 32.7 Å². The summed E-state index contributed by atoms with van der Waals surface area (Å²) < 4.78 is 5.40. The molecule has 1 rings (SSSR count). The van der Waals surface area contributed by atoms with E-state index < -0.39 is 0 Å². The number of hydrogen-bond donors (Lipinski definition) is 2. The first-order valence-corrected chi connectivity index (χ1v) is 5.89. The molecule has 0 heterocycles. The van der Waals surface area contributed by atoms with Gasteiger partial charge in [0.1, 0.15) is 5.75 Å². The predicted octanol–water partition coefficient (Wildman–Crippen LogP) is 2.86. The van der Waals surface area contributed by atoms with Crippen molar-refractivity contribution < 1.29 is 4.74 Å². The Morgan fingerprint density at radius 3 is 2.76 bits per heavy atom. The minimum atomic E-state index is 0.0537. The molecule has 0 saturated carbocycles. The Hall–Kier alpha value is -1.32. The molecule has 0 bridgehead atoms. The highest BCUT2D eigenvalue weighted by Gasteiger charge is 2.15. The Kier molecular flexibility index (Phi) is 5.19. The molecule has 0 amide bonds. The van der Waals surface area contributed by atoms with Crippen LogP contribution in [0.3, 0.4) is 0 Å². The van der Waals surface area contributed by atoms with Gasteiger partial charge in [-0.1, -0.05) is 31.2 Å². The molecule has 1 atom stereocenters. The third-order valence-corrected chi connectivity index (χ3v) is 2.96. The second-order valence-electron chi connectivity index (χ2n) is 4.27. The van der Waals surface area contributed by atoms with Gasteiger partial charge in [0, 0.05) is 5.56 Å². The van der Waals surface area contributed by atoms with E-state index in [2.05, 4.69) is 31.1 Å². The van der Waals surface area contributed by atoms with Gasteiger partial charge in [-0.2, -0.15) is 0 Å². The third-order valence-electron chi connectivity index (χ3n) is 2.96. The van der Waals surface area contributed by atoms with Crippen LogP contribution >= 0.6 is 0 Å². The van der Waals surface area contributed by atoms with Crippen molar-refractivity contribution in [3.05, 3.63) is 41.5 Å². The number of rotatable bonds is 6. The summed E-state index contributed by atoms with van der Waals surface area (Å²) in [4.78, 5) is 0. The maximum absolute atomic E-state index is 5.62. The zero-order chi connectivity index (χ0) is 12.8. The van der Waals surface area contributed by atoms with E-state index in [1.165, 1.54) is 11.1 Å². The Morgan fingerprint density at radius 2 is 2.24 bits per heavy atom. The quantitative estimate of drug-likeness (QED) is 0.452. The van der Waals surface area contributed by atoms with Crippen LogP contribution in [0, 0.1) is 6.92 Å². The Morgan fingerprint density at radius 1 is 1.53 bits per heavy atom. The SMILES string of the molecule is C=C(CC)CC(NN)c1ccc(C)cc1OC. The van der Waals surface area contributed by atoms with Crippen LogP contribution in [-0.2, 0) is 0 Å². The van der Waals surface area contributed by atoms with Gasteiger partial charge in [0.05, 0.1) is 13.2 Å². The molecule has 0 aliphatic carbocycles. The lowest BCUT2D eigenvalue weighted by Crippen LogP contribution is -2.28. The molecule has 0 radical (unpaired) electrons. The van der Waals surface area contributed by atoms with Crippen LogP contribution in [0.4, 0.5) is 0 Å². The monoisotopic (exact) mass is 234 g/mol. The van der Waals surface area contributed by atoms with E-state index in [9.17, 15) is 0 Å². The highest BCUT2D eigenvalue weighted by molar-refractivity contribution is 5.39. The first-order chi connectivity index (χ1) is 8.12. The summed E-state index contributed by atoms with van der Waals surface area (Å²) in [7, 11) is 1.68. The van der Waals surface area contributed by atoms with E-state index >= 15 is 0 Å². The van der Waals surface area contributed by atoms with Crippen LogP contribution in [0.1, 0.15) is 36.9 Å². The predicted molar refractivity (Wildman–Crippen MR) is 71.8 cm³/mol. The molecular formula is C14H22N2O. The van der Waals surface area contributed by atoms with Crippen molar-refractivity contribution >= 4 is 0 Å². The van der Waals surface area contributed by atoms with Gasteiger partial charge in [0.25, 0.3) is 0 Å². The normalized spacial score (nSPS) is 12.2. The molecule has 17 heavy (non-hydrogen) atoms. The van der Waals surface area contributed by atoms with Crippen molar-refractivity contribution in [1.82, 2.24) is 5.43 Å². The number of ether oxygens (including phenoxy) is 1. The second kappa shape index (κ2) is 6.42. The highest BCUT2D eigenvalue weighted by Crippen LogP contribution is 2.29. The number of benzene rings is 1. The number of aryl methyl sites for hydroxylation is 1. The first kappa shape index (κ1) is 13.7. The topological polar surface area (TPSA) is 47.3 Å². The van der Waals surface area contributed by atoms with Crippen LogP contribution in [0.5, 0.6) is 5.75 Å². The van der Waals surface area contributed by atoms with Crippen LogP contribution in [-0.4, -0.2) is 7.11 Å². The van der Waals surface area contributed by atoms with Crippen LogP contribution in [0.15, 0.2) is 30.4 Å². The van der Waals surface area contributed by atoms with Crippen molar-refractivity contribution in [2.24, 2.45) is 5.84 Å². The average molecular weight is 234 g/mol. The maximum Gasteiger partial charge on any atom is 0.123 e. The Labute approximate surface area is 104 Å². The molecule has 0 saturated heterocycles. The second-order valence-corrected chi connectivity index (χ2v) is 4.27. The molecule has 0 aliphatic heterocycles. The average Bonchev–Trinajstić information content (AvgIpc) is 2.35. The minimum absolute atomic E-state index is 0.0537. The number of hydrogen-bond acceptors (Lipinski definition) is 3. The van der Waals surface area contributed by atoms with Gasteiger partial charge in [0.15, 0.2) is 0 Å². The van der Waals surface area contributed by atoms with Gasteiger partial charge in [-0.25, -0.2) is 0 Å². The third kappa shape index (κ3) is 3.58. The summed E-state index contributed by atoms with van der Waals surface area (Å²) in [5.41, 5.74) is 6.27. The van der Waals surface area contributed by atoms with Gasteiger partial charge < -0.3 is 4.74 Å². The fraction of sp³-hybridized carbons (Fsp3) is 0.429. The van der Waals surface area contributed by atoms with Gasteiger partial charge in [-0.05, 0) is 31.4 Å². The molecule has 0 aliphatic rings. The lowest BCUT2D eigenvalue weighted by Gasteiger charge is -2.20. The maximum atomic E-state index is 5.62. The molecule has 1 unspecified atom stereocenters. The molecule has 3 N–H and O–H groups in total. The number of methoxy groups -OCH3 is 1. The summed E-state index contributed by atoms with van der Waals surface area (Å²) >= 11 is 0. The lowest BCUT2D eigenvalue weighted by molar-refractivity contribution is 0.398. The first-order valence-electron chi connectivity index (χ1n) is 5.89. The molecule has 0 spiro atoms. The van der Waals surface area contributed by atoms with Crippen LogP contribution in [0.25, 0.3) is 0 Å². The molecule has 3 heteroatoms.